The molecule has 5 nitrogen and oxygen atoms in total. The molecule has 0 saturated heterocycles. The molecule has 0 bridgehead atoms. The van der Waals surface area contributed by atoms with Gasteiger partial charge in [-0.05, 0) is 31.2 Å². The maximum atomic E-state index is 5.36. The first-order valence-corrected chi connectivity index (χ1v) is 10.7. The first kappa shape index (κ1) is 22.4. The van der Waals surface area contributed by atoms with Crippen LogP contribution in [0.5, 0.6) is 0 Å². The molecule has 0 spiro atoms. The summed E-state index contributed by atoms with van der Waals surface area (Å²) in [4.78, 5) is 11.8. The Balaban J connectivity index is 2.02. The van der Waals surface area contributed by atoms with E-state index in [1.807, 2.05) is 6.92 Å². The minimum atomic E-state index is 0.0322. The topological polar surface area (TPSA) is 49.8 Å². The van der Waals surface area contributed by atoms with Crippen LogP contribution >= 0.6 is 11.3 Å². The molecule has 1 atom stereocenters. The van der Waals surface area contributed by atoms with E-state index < -0.39 is 0 Å². The third kappa shape index (κ3) is 6.91. The largest absolute Gasteiger partial charge is 0.375 e. The predicted molar refractivity (Wildman–Crippen MR) is 119 cm³/mol. The fraction of sp³-hybridized carbons (Fsp3) is 0.545. The highest BCUT2D eigenvalue weighted by Crippen LogP contribution is 2.23. The number of methoxy groups -OCH3 is 1. The van der Waals surface area contributed by atoms with Crippen LogP contribution in [0.25, 0.3) is 0 Å². The lowest BCUT2D eigenvalue weighted by Crippen LogP contribution is -2.39. The fourth-order valence-electron chi connectivity index (χ4n) is 2.96. The van der Waals surface area contributed by atoms with Gasteiger partial charge in [0, 0.05) is 32.6 Å². The summed E-state index contributed by atoms with van der Waals surface area (Å²) in [5, 5.41) is 6.52. The third-order valence-corrected chi connectivity index (χ3v) is 5.60. The van der Waals surface area contributed by atoms with Crippen molar-refractivity contribution in [3.63, 3.8) is 0 Å². The van der Waals surface area contributed by atoms with Gasteiger partial charge in [-0.1, -0.05) is 44.2 Å². The monoisotopic (exact) mass is 402 g/mol. The Morgan fingerprint density at radius 3 is 2.68 bits per heavy atom. The van der Waals surface area contributed by atoms with Gasteiger partial charge in [-0.15, -0.1) is 11.3 Å². The number of nitrogens with one attached hydrogen (secondary N) is 1. The molecule has 154 valence electrons. The summed E-state index contributed by atoms with van der Waals surface area (Å²) in [5.41, 5.74) is 2.48. The van der Waals surface area contributed by atoms with Gasteiger partial charge < -0.3 is 15.0 Å². The number of hydrogen-bond acceptors (Lipinski definition) is 4. The van der Waals surface area contributed by atoms with E-state index >= 15 is 0 Å². The van der Waals surface area contributed by atoms with E-state index in [0.717, 1.165) is 42.7 Å². The number of aliphatic imine (C=N–C) groups is 1. The van der Waals surface area contributed by atoms with Gasteiger partial charge in [-0.25, -0.2) is 4.98 Å². The van der Waals surface area contributed by atoms with Crippen molar-refractivity contribution in [2.45, 2.75) is 46.8 Å². The number of hydrogen-bond donors (Lipinski definition) is 1. The van der Waals surface area contributed by atoms with Crippen LogP contribution in [0.4, 0.5) is 0 Å². The molecule has 0 fully saturated rings. The van der Waals surface area contributed by atoms with E-state index in [1.54, 1.807) is 18.4 Å². The fourth-order valence-corrected chi connectivity index (χ4v) is 3.81. The quantitative estimate of drug-likeness (QED) is 0.495. The lowest BCUT2D eigenvalue weighted by atomic mass is 9.86. The summed E-state index contributed by atoms with van der Waals surface area (Å²) in [7, 11) is 3.77. The van der Waals surface area contributed by atoms with Gasteiger partial charge in [0.1, 0.15) is 11.1 Å². The molecule has 0 aliphatic carbocycles. The third-order valence-electron chi connectivity index (χ3n) is 4.55. The van der Waals surface area contributed by atoms with Crippen molar-refractivity contribution in [1.82, 2.24) is 15.2 Å². The molecular weight excluding hydrogens is 368 g/mol. The molecule has 0 radical (unpaired) electrons. The van der Waals surface area contributed by atoms with Crippen LogP contribution in [0.15, 0.2) is 40.7 Å². The second-order valence-electron chi connectivity index (χ2n) is 7.91. The zero-order valence-electron chi connectivity index (χ0n) is 18.0. The summed E-state index contributed by atoms with van der Waals surface area (Å²) in [6.45, 7) is 11.0. The predicted octanol–water partition coefficient (Wildman–Crippen LogP) is 4.52. The smallest absolute Gasteiger partial charge is 0.194 e. The van der Waals surface area contributed by atoms with Crippen LogP contribution in [0, 0.1) is 5.41 Å². The lowest BCUT2D eigenvalue weighted by molar-refractivity contribution is 0.119. The Bertz CT molecular complexity index is 742. The number of guanidine groups is 1. The molecule has 28 heavy (non-hydrogen) atoms. The highest BCUT2D eigenvalue weighted by molar-refractivity contribution is 7.09. The van der Waals surface area contributed by atoms with Crippen molar-refractivity contribution in [2.24, 2.45) is 10.4 Å². The van der Waals surface area contributed by atoms with Crippen molar-refractivity contribution in [3.8, 4) is 0 Å². The molecule has 1 aromatic carbocycles. The Labute approximate surface area is 173 Å². The Morgan fingerprint density at radius 1 is 1.32 bits per heavy atom. The Hall–Kier alpha value is -1.92. The number of rotatable bonds is 9. The van der Waals surface area contributed by atoms with E-state index in [1.165, 1.54) is 5.56 Å². The van der Waals surface area contributed by atoms with Crippen LogP contribution in [-0.4, -0.2) is 43.1 Å². The molecule has 1 aromatic heterocycles. The molecule has 0 amide bonds. The maximum absolute atomic E-state index is 5.36. The maximum Gasteiger partial charge on any atom is 0.194 e. The normalized spacial score (nSPS) is 13.4. The average Bonchev–Trinajstić information content (AvgIpc) is 3.13. The zero-order valence-corrected chi connectivity index (χ0v) is 18.8. The molecule has 2 rings (SSSR count). The standard InChI is InChI=1S/C22H34N4OS/c1-7-23-21(24-16-22(3,4)13-18-11-9-8-10-12-18)26(5)14-19-15-28-20(25-19)17(2)27-6/h8-12,15,17H,7,13-14,16H2,1-6H3,(H,23,24). The highest BCUT2D eigenvalue weighted by atomic mass is 32.1. The summed E-state index contributed by atoms with van der Waals surface area (Å²) in [6, 6.07) is 10.6. The zero-order chi connectivity index (χ0) is 20.6. The minimum Gasteiger partial charge on any atom is -0.375 e. The molecule has 6 heteroatoms. The molecule has 1 N–H and O–H groups in total. The van der Waals surface area contributed by atoms with Crippen LogP contribution in [0.1, 0.15) is 50.1 Å². The minimum absolute atomic E-state index is 0.0322. The van der Waals surface area contributed by atoms with Crippen molar-refractivity contribution in [2.75, 3.05) is 27.2 Å². The van der Waals surface area contributed by atoms with Gasteiger partial charge >= 0.3 is 0 Å². The Morgan fingerprint density at radius 2 is 2.04 bits per heavy atom. The lowest BCUT2D eigenvalue weighted by Gasteiger charge is -2.26. The van der Waals surface area contributed by atoms with Crippen LogP contribution in [0.2, 0.25) is 0 Å². The Kier molecular flexibility index (Phi) is 8.45. The van der Waals surface area contributed by atoms with Crippen molar-refractivity contribution < 1.29 is 4.74 Å². The second-order valence-corrected chi connectivity index (χ2v) is 8.80. The van der Waals surface area contributed by atoms with Crippen LogP contribution in [-0.2, 0) is 17.7 Å². The number of ether oxygens (including phenoxy) is 1. The molecule has 0 saturated carbocycles. The molecule has 0 aliphatic heterocycles. The molecule has 2 aromatic rings. The van der Waals surface area contributed by atoms with Crippen molar-refractivity contribution in [3.05, 3.63) is 52.0 Å². The van der Waals surface area contributed by atoms with E-state index in [-0.39, 0.29) is 11.5 Å². The first-order chi connectivity index (χ1) is 13.3. The van der Waals surface area contributed by atoms with Gasteiger partial charge in [0.05, 0.1) is 12.2 Å². The first-order valence-electron chi connectivity index (χ1n) is 9.85. The van der Waals surface area contributed by atoms with E-state index in [9.17, 15) is 0 Å². The average molecular weight is 403 g/mol. The van der Waals surface area contributed by atoms with E-state index in [4.69, 9.17) is 14.7 Å². The van der Waals surface area contributed by atoms with Gasteiger partial charge in [0.2, 0.25) is 0 Å². The van der Waals surface area contributed by atoms with Crippen molar-refractivity contribution in [1.29, 1.82) is 0 Å². The summed E-state index contributed by atoms with van der Waals surface area (Å²) < 4.78 is 5.36. The van der Waals surface area contributed by atoms with E-state index in [0.29, 0.717) is 0 Å². The van der Waals surface area contributed by atoms with Gasteiger partial charge in [-0.3, -0.25) is 4.99 Å². The van der Waals surface area contributed by atoms with Crippen LogP contribution < -0.4 is 5.32 Å². The summed E-state index contributed by atoms with van der Waals surface area (Å²) in [5.74, 6) is 0.915. The van der Waals surface area contributed by atoms with Crippen molar-refractivity contribution >= 4 is 17.3 Å². The summed E-state index contributed by atoms with van der Waals surface area (Å²) in [6.07, 6.45) is 1.04. The molecular formula is C22H34N4OS. The highest BCUT2D eigenvalue weighted by Gasteiger charge is 2.19. The number of thiazole rings is 1. The molecule has 1 heterocycles. The van der Waals surface area contributed by atoms with Gasteiger partial charge in [-0.2, -0.15) is 0 Å². The SMILES string of the molecule is CCNC(=NCC(C)(C)Cc1ccccc1)N(C)Cc1csc(C(C)OC)n1. The van der Waals surface area contributed by atoms with Gasteiger partial charge in [0.15, 0.2) is 5.96 Å². The number of aromatic nitrogens is 1. The second kappa shape index (κ2) is 10.6. The summed E-state index contributed by atoms with van der Waals surface area (Å²) >= 11 is 1.65. The number of nitrogens with zero attached hydrogens (tertiary/aromatic N) is 3. The van der Waals surface area contributed by atoms with Gasteiger partial charge in [0.25, 0.3) is 0 Å². The van der Waals surface area contributed by atoms with Crippen LogP contribution in [0.3, 0.4) is 0 Å². The number of benzene rings is 1. The van der Waals surface area contributed by atoms with E-state index in [2.05, 4.69) is 73.7 Å². The molecule has 0 aliphatic rings. The molecule has 1 unspecified atom stereocenters.